The largest absolute Gasteiger partial charge is 0.319 e. The Morgan fingerprint density at radius 1 is 0.903 bits per heavy atom. The fourth-order valence-corrected chi connectivity index (χ4v) is 7.69. The molecule has 0 spiro atoms. The third kappa shape index (κ3) is 2.22. The molecule has 2 aliphatic carbocycles. The van der Waals surface area contributed by atoms with Gasteiger partial charge in [0, 0.05) is 44.6 Å². The third-order valence-corrected chi connectivity index (χ3v) is 9.34. The quantitative estimate of drug-likeness (QED) is 0.410. The Hall–Kier alpha value is -2.09. The first-order valence-corrected chi connectivity index (χ1v) is 12.0. The van der Waals surface area contributed by atoms with Crippen molar-refractivity contribution in [3.05, 3.63) is 62.6 Å². The molecule has 164 valence electrons. The summed E-state index contributed by atoms with van der Waals surface area (Å²) in [7, 11) is 0. The molecule has 2 unspecified atom stereocenters. The van der Waals surface area contributed by atoms with Crippen LogP contribution in [-0.2, 0) is 21.7 Å². The first-order valence-electron chi connectivity index (χ1n) is 12.0. The van der Waals surface area contributed by atoms with Gasteiger partial charge in [0.25, 0.3) is 0 Å². The molecule has 2 atom stereocenters. The van der Waals surface area contributed by atoms with E-state index in [4.69, 9.17) is 0 Å². The number of hydrogen-bond acceptors (Lipinski definition) is 1. The number of aromatic nitrogens is 1. The Bertz CT molecular complexity index is 1340. The van der Waals surface area contributed by atoms with Crippen LogP contribution in [-0.4, -0.2) is 4.40 Å². The topological polar surface area (TPSA) is 21.5 Å². The molecule has 2 nitrogen and oxygen atoms in total. The standard InChI is InChI=1S/C29H37NO/c1-10-28(8)19-15-17(3)14-18-12-13-30-23(20(18)19)21(29(28,9)11-2)24(31)22-25(30)27(6,7)16-26(22,4)5/h12-15H,10-11,16H2,1-9H3. The van der Waals surface area contributed by atoms with Gasteiger partial charge in [-0.1, -0.05) is 73.1 Å². The maximum atomic E-state index is 14.5. The van der Waals surface area contributed by atoms with Crippen LogP contribution in [0.3, 0.4) is 0 Å². The van der Waals surface area contributed by atoms with Crippen LogP contribution in [0, 0.1) is 6.92 Å². The van der Waals surface area contributed by atoms with Crippen LogP contribution >= 0.6 is 0 Å². The minimum atomic E-state index is -0.211. The molecular weight excluding hydrogens is 378 g/mol. The monoisotopic (exact) mass is 415 g/mol. The second-order valence-electron chi connectivity index (χ2n) is 12.1. The second kappa shape index (κ2) is 5.82. The molecule has 0 N–H and O–H groups in total. The van der Waals surface area contributed by atoms with Crippen LogP contribution in [0.4, 0.5) is 0 Å². The van der Waals surface area contributed by atoms with Crippen molar-refractivity contribution in [1.29, 1.82) is 0 Å². The smallest absolute Gasteiger partial charge is 0.190 e. The molecule has 5 rings (SSSR count). The zero-order valence-electron chi connectivity index (χ0n) is 20.8. The van der Waals surface area contributed by atoms with E-state index in [1.54, 1.807) is 0 Å². The van der Waals surface area contributed by atoms with E-state index in [0.29, 0.717) is 5.43 Å². The molecule has 0 radical (unpaired) electrons. The van der Waals surface area contributed by atoms with Crippen molar-refractivity contribution in [2.75, 3.05) is 0 Å². The Balaban J connectivity index is 2.18. The SMILES string of the molecule is CCC1(C)c2cc(C)cc3ccn4c5c(c(=O)c(c4c23)C1(C)CC)C(C)(C)CC5(C)C. The molecule has 2 heteroatoms. The summed E-state index contributed by atoms with van der Waals surface area (Å²) in [6.45, 7) is 20.7. The maximum Gasteiger partial charge on any atom is 0.190 e. The van der Waals surface area contributed by atoms with Crippen molar-refractivity contribution in [3.8, 4) is 0 Å². The lowest BCUT2D eigenvalue weighted by Gasteiger charge is -2.50. The fourth-order valence-electron chi connectivity index (χ4n) is 7.69. The highest BCUT2D eigenvalue weighted by atomic mass is 16.1. The predicted octanol–water partition coefficient (Wildman–Crippen LogP) is 7.07. The van der Waals surface area contributed by atoms with E-state index in [1.807, 2.05) is 0 Å². The van der Waals surface area contributed by atoms with E-state index in [1.165, 1.54) is 33.1 Å². The number of rotatable bonds is 2. The van der Waals surface area contributed by atoms with E-state index in [0.717, 1.165) is 30.4 Å². The van der Waals surface area contributed by atoms with Gasteiger partial charge >= 0.3 is 0 Å². The molecule has 2 aliphatic rings. The Morgan fingerprint density at radius 3 is 2.16 bits per heavy atom. The lowest BCUT2D eigenvalue weighted by molar-refractivity contribution is 0.233. The molecular formula is C29H37NO. The number of pyridine rings is 2. The maximum absolute atomic E-state index is 14.5. The normalized spacial score (nSPS) is 27.9. The van der Waals surface area contributed by atoms with Crippen LogP contribution in [0.2, 0.25) is 0 Å². The predicted molar refractivity (Wildman–Crippen MR) is 132 cm³/mol. The van der Waals surface area contributed by atoms with Gasteiger partial charge in [-0.05, 0) is 48.6 Å². The van der Waals surface area contributed by atoms with Crippen molar-refractivity contribution in [2.24, 2.45) is 0 Å². The van der Waals surface area contributed by atoms with Crippen molar-refractivity contribution in [2.45, 2.75) is 103 Å². The first-order chi connectivity index (χ1) is 14.3. The summed E-state index contributed by atoms with van der Waals surface area (Å²) in [4.78, 5) is 14.5. The molecule has 0 bridgehead atoms. The van der Waals surface area contributed by atoms with Crippen LogP contribution in [0.15, 0.2) is 29.2 Å². The minimum absolute atomic E-state index is 0.0339. The summed E-state index contributed by atoms with van der Waals surface area (Å²) in [6.07, 6.45) is 5.22. The zero-order valence-corrected chi connectivity index (χ0v) is 20.8. The van der Waals surface area contributed by atoms with E-state index < -0.39 is 0 Å². The van der Waals surface area contributed by atoms with Crippen molar-refractivity contribution in [3.63, 3.8) is 0 Å². The fraction of sp³-hybridized carbons (Fsp3) is 0.552. The number of fused-ring (bicyclic) bond motifs is 2. The van der Waals surface area contributed by atoms with Crippen molar-refractivity contribution in [1.82, 2.24) is 4.40 Å². The van der Waals surface area contributed by atoms with Gasteiger partial charge in [-0.25, -0.2) is 0 Å². The third-order valence-electron chi connectivity index (χ3n) is 9.34. The molecule has 0 aliphatic heterocycles. The minimum Gasteiger partial charge on any atom is -0.319 e. The summed E-state index contributed by atoms with van der Waals surface area (Å²) in [5.74, 6) is 0. The van der Waals surface area contributed by atoms with Gasteiger partial charge in [0.1, 0.15) is 0 Å². The highest BCUT2D eigenvalue weighted by Crippen LogP contribution is 2.57. The average Bonchev–Trinajstić information content (AvgIpc) is 2.89. The lowest BCUT2D eigenvalue weighted by atomic mass is 9.53. The van der Waals surface area contributed by atoms with Crippen LogP contribution in [0.5, 0.6) is 0 Å². The zero-order chi connectivity index (χ0) is 22.7. The molecule has 2 aromatic heterocycles. The molecule has 1 aromatic carbocycles. The number of hydrogen-bond donors (Lipinski definition) is 0. The Morgan fingerprint density at radius 2 is 1.55 bits per heavy atom. The summed E-state index contributed by atoms with van der Waals surface area (Å²) in [5, 5.41) is 2.57. The summed E-state index contributed by atoms with van der Waals surface area (Å²) in [6, 6.07) is 6.97. The summed E-state index contributed by atoms with van der Waals surface area (Å²) in [5.41, 5.74) is 7.12. The molecule has 2 heterocycles. The number of benzene rings is 1. The average molecular weight is 416 g/mol. The van der Waals surface area contributed by atoms with Gasteiger partial charge in [0.05, 0.1) is 5.52 Å². The van der Waals surface area contributed by atoms with E-state index in [9.17, 15) is 4.79 Å². The van der Waals surface area contributed by atoms with Crippen molar-refractivity contribution >= 4 is 16.3 Å². The Kier molecular flexibility index (Phi) is 3.91. The molecule has 31 heavy (non-hydrogen) atoms. The lowest BCUT2D eigenvalue weighted by Crippen LogP contribution is -2.50. The van der Waals surface area contributed by atoms with Gasteiger partial charge < -0.3 is 4.40 Å². The van der Waals surface area contributed by atoms with Gasteiger partial charge in [-0.2, -0.15) is 0 Å². The second-order valence-corrected chi connectivity index (χ2v) is 12.1. The Labute approximate surface area is 186 Å². The van der Waals surface area contributed by atoms with E-state index >= 15 is 0 Å². The highest BCUT2D eigenvalue weighted by Gasteiger charge is 2.54. The molecule has 0 saturated heterocycles. The molecule has 0 amide bonds. The highest BCUT2D eigenvalue weighted by molar-refractivity contribution is 6.03. The van der Waals surface area contributed by atoms with E-state index in [2.05, 4.69) is 91.1 Å². The van der Waals surface area contributed by atoms with Gasteiger partial charge in [0.15, 0.2) is 5.43 Å². The van der Waals surface area contributed by atoms with Gasteiger partial charge in [0.2, 0.25) is 0 Å². The summed E-state index contributed by atoms with van der Waals surface area (Å²) >= 11 is 0. The van der Waals surface area contributed by atoms with Crippen LogP contribution in [0.1, 0.15) is 103 Å². The number of aryl methyl sites for hydroxylation is 1. The molecule has 3 aromatic rings. The van der Waals surface area contributed by atoms with Gasteiger partial charge in [-0.3, -0.25) is 4.79 Å². The van der Waals surface area contributed by atoms with Crippen LogP contribution in [0.25, 0.3) is 16.3 Å². The van der Waals surface area contributed by atoms with Gasteiger partial charge in [-0.15, -0.1) is 0 Å². The molecule has 0 saturated carbocycles. The van der Waals surface area contributed by atoms with Crippen LogP contribution < -0.4 is 5.43 Å². The molecule has 0 fully saturated rings. The number of nitrogens with zero attached hydrogens (tertiary/aromatic N) is 1. The van der Waals surface area contributed by atoms with E-state index in [-0.39, 0.29) is 21.7 Å². The van der Waals surface area contributed by atoms with Crippen molar-refractivity contribution < 1.29 is 0 Å². The summed E-state index contributed by atoms with van der Waals surface area (Å²) < 4.78 is 2.42. The first kappa shape index (κ1) is 20.8.